The summed E-state index contributed by atoms with van der Waals surface area (Å²) in [5.74, 6) is 0. The van der Waals surface area contributed by atoms with E-state index in [1.165, 1.54) is 6.07 Å². The Bertz CT molecular complexity index is 983. The van der Waals surface area contributed by atoms with Crippen LogP contribution in [0, 0.1) is 13.8 Å². The maximum absolute atomic E-state index is 11.8. The fourth-order valence-electron chi connectivity index (χ4n) is 2.73. The van der Waals surface area contributed by atoms with Gasteiger partial charge in [-0.25, -0.2) is 8.42 Å². The van der Waals surface area contributed by atoms with Gasteiger partial charge in [0.25, 0.3) is 0 Å². The SMILES string of the molecule is Cc1ccc(-c2cccc(S(=O)(=O)[O-])c2-c2ccc(C)cc2)cc1.P.[Li+]. The van der Waals surface area contributed by atoms with Crippen LogP contribution in [0.25, 0.3) is 22.3 Å². The van der Waals surface area contributed by atoms with Crippen molar-refractivity contribution in [2.45, 2.75) is 18.7 Å². The molecular formula is C20H20LiO3PS. The average Bonchev–Trinajstić information content (AvgIpc) is 2.55. The fourth-order valence-corrected chi connectivity index (χ4v) is 3.45. The number of hydrogen-bond acceptors (Lipinski definition) is 3. The maximum Gasteiger partial charge on any atom is 1.00 e. The van der Waals surface area contributed by atoms with Gasteiger partial charge in [-0.05, 0) is 36.6 Å². The van der Waals surface area contributed by atoms with Crippen LogP contribution in [0.4, 0.5) is 0 Å². The van der Waals surface area contributed by atoms with Crippen LogP contribution in [0.2, 0.25) is 0 Å². The molecule has 0 bridgehead atoms. The standard InChI is InChI=1S/C20H18O3S.Li.H3P/c1-14-6-10-16(11-7-14)18-4-3-5-19(24(21,22)23)20(18)17-12-8-15(2)9-13-17;;/h3-13H,1-2H3,(H,21,22,23);;1H3/q;+1;/p-1. The zero-order valence-electron chi connectivity index (χ0n) is 15.2. The minimum Gasteiger partial charge on any atom is -0.744 e. The van der Waals surface area contributed by atoms with Crippen molar-refractivity contribution >= 4 is 20.0 Å². The Morgan fingerprint density at radius 1 is 0.731 bits per heavy atom. The molecule has 3 aromatic carbocycles. The number of benzene rings is 3. The molecule has 6 heteroatoms. The summed E-state index contributed by atoms with van der Waals surface area (Å²) in [5, 5.41) is 0. The van der Waals surface area contributed by atoms with Crippen molar-refractivity contribution in [1.29, 1.82) is 0 Å². The van der Waals surface area contributed by atoms with Crippen molar-refractivity contribution in [3.05, 3.63) is 77.9 Å². The molecule has 130 valence electrons. The van der Waals surface area contributed by atoms with Crippen molar-refractivity contribution in [3.8, 4) is 22.3 Å². The number of rotatable bonds is 3. The maximum atomic E-state index is 11.8. The van der Waals surface area contributed by atoms with Crippen molar-refractivity contribution in [2.75, 3.05) is 0 Å². The topological polar surface area (TPSA) is 57.2 Å². The van der Waals surface area contributed by atoms with E-state index in [2.05, 4.69) is 0 Å². The first-order valence-corrected chi connectivity index (χ1v) is 9.00. The smallest absolute Gasteiger partial charge is 0.744 e. The number of hydrogen-bond donors (Lipinski definition) is 0. The van der Waals surface area contributed by atoms with Crippen molar-refractivity contribution in [1.82, 2.24) is 0 Å². The molecule has 26 heavy (non-hydrogen) atoms. The molecule has 0 aliphatic heterocycles. The quantitative estimate of drug-likeness (QED) is 0.395. The van der Waals surface area contributed by atoms with E-state index in [1.807, 2.05) is 68.4 Å². The summed E-state index contributed by atoms with van der Waals surface area (Å²) in [6.07, 6.45) is 0. The Kier molecular flexibility index (Phi) is 7.83. The van der Waals surface area contributed by atoms with Gasteiger partial charge in [0, 0.05) is 5.56 Å². The minimum atomic E-state index is -4.58. The molecule has 0 aliphatic carbocycles. The first-order valence-electron chi connectivity index (χ1n) is 7.59. The molecule has 0 N–H and O–H groups in total. The van der Waals surface area contributed by atoms with E-state index in [-0.39, 0.29) is 33.7 Å². The molecule has 0 aliphatic rings. The van der Waals surface area contributed by atoms with Crippen LogP contribution in [-0.2, 0) is 10.1 Å². The van der Waals surface area contributed by atoms with Crippen LogP contribution in [-0.4, -0.2) is 13.0 Å². The van der Waals surface area contributed by atoms with E-state index in [9.17, 15) is 13.0 Å². The fraction of sp³-hybridized carbons (Fsp3) is 0.100. The summed E-state index contributed by atoms with van der Waals surface area (Å²) in [4.78, 5) is -0.190. The summed E-state index contributed by atoms with van der Waals surface area (Å²) in [5.41, 5.74) is 4.96. The molecule has 0 saturated heterocycles. The van der Waals surface area contributed by atoms with Gasteiger partial charge in [0.2, 0.25) is 0 Å². The van der Waals surface area contributed by atoms with E-state index in [1.54, 1.807) is 6.07 Å². The van der Waals surface area contributed by atoms with Crippen LogP contribution in [0.3, 0.4) is 0 Å². The summed E-state index contributed by atoms with van der Waals surface area (Å²) in [6, 6.07) is 20.1. The molecule has 0 amide bonds. The van der Waals surface area contributed by atoms with E-state index in [0.717, 1.165) is 22.3 Å². The van der Waals surface area contributed by atoms with Crippen molar-refractivity contribution < 1.29 is 31.8 Å². The molecule has 0 aromatic heterocycles. The van der Waals surface area contributed by atoms with Gasteiger partial charge in [-0.2, -0.15) is 9.90 Å². The molecular weight excluding hydrogens is 358 g/mol. The summed E-state index contributed by atoms with van der Waals surface area (Å²) >= 11 is 0. The first-order chi connectivity index (χ1) is 11.4. The molecule has 0 fully saturated rings. The first kappa shape index (κ1) is 22.6. The Labute approximate surface area is 170 Å². The van der Waals surface area contributed by atoms with Gasteiger partial charge < -0.3 is 4.55 Å². The van der Waals surface area contributed by atoms with Crippen LogP contribution < -0.4 is 18.9 Å². The zero-order valence-corrected chi connectivity index (χ0v) is 17.4. The molecule has 1 atom stereocenters. The third-order valence-electron chi connectivity index (χ3n) is 4.00. The molecule has 3 rings (SSSR count). The Morgan fingerprint density at radius 2 is 1.19 bits per heavy atom. The van der Waals surface area contributed by atoms with Gasteiger partial charge in [-0.3, -0.25) is 0 Å². The van der Waals surface area contributed by atoms with Gasteiger partial charge in [-0.1, -0.05) is 71.8 Å². The third-order valence-corrected chi connectivity index (χ3v) is 4.88. The van der Waals surface area contributed by atoms with Crippen molar-refractivity contribution in [2.24, 2.45) is 0 Å². The normalized spacial score (nSPS) is 10.6. The largest absolute Gasteiger partial charge is 1.00 e. The summed E-state index contributed by atoms with van der Waals surface area (Å²) < 4.78 is 35.3. The third kappa shape index (κ3) is 4.85. The van der Waals surface area contributed by atoms with E-state index in [0.29, 0.717) is 11.1 Å². The van der Waals surface area contributed by atoms with Crippen LogP contribution in [0.5, 0.6) is 0 Å². The second-order valence-corrected chi connectivity index (χ2v) is 7.21. The zero-order chi connectivity index (χ0) is 17.3. The average molecular weight is 378 g/mol. The molecule has 0 spiro atoms. The predicted molar refractivity (Wildman–Crippen MR) is 106 cm³/mol. The van der Waals surface area contributed by atoms with Crippen LogP contribution in [0.15, 0.2) is 71.6 Å². The molecule has 3 nitrogen and oxygen atoms in total. The summed E-state index contributed by atoms with van der Waals surface area (Å²) in [7, 11) is -4.58. The predicted octanol–water partition coefficient (Wildman–Crippen LogP) is 1.60. The van der Waals surface area contributed by atoms with Gasteiger partial charge in [0.1, 0.15) is 10.1 Å². The molecule has 3 aromatic rings. The van der Waals surface area contributed by atoms with Gasteiger partial charge >= 0.3 is 18.9 Å². The Hall–Kier alpha value is -1.40. The monoisotopic (exact) mass is 378 g/mol. The molecule has 1 unspecified atom stereocenters. The van der Waals surface area contributed by atoms with Gasteiger partial charge in [0.05, 0.1) is 4.90 Å². The van der Waals surface area contributed by atoms with Crippen molar-refractivity contribution in [3.63, 3.8) is 0 Å². The van der Waals surface area contributed by atoms with Gasteiger partial charge in [0.15, 0.2) is 0 Å². The summed E-state index contributed by atoms with van der Waals surface area (Å²) in [6.45, 7) is 3.95. The number of aryl methyl sites for hydroxylation is 2. The molecule has 0 saturated carbocycles. The van der Waals surface area contributed by atoms with Crippen LogP contribution in [0.1, 0.15) is 11.1 Å². The van der Waals surface area contributed by atoms with Crippen LogP contribution >= 0.6 is 9.90 Å². The van der Waals surface area contributed by atoms with Gasteiger partial charge in [-0.15, -0.1) is 0 Å². The molecule has 0 heterocycles. The molecule has 0 radical (unpaired) electrons. The minimum absolute atomic E-state index is 0. The Balaban J connectivity index is 0.00000169. The Morgan fingerprint density at radius 3 is 1.65 bits per heavy atom. The second kappa shape index (κ2) is 9.00. The van der Waals surface area contributed by atoms with E-state index in [4.69, 9.17) is 0 Å². The van der Waals surface area contributed by atoms with E-state index < -0.39 is 10.1 Å². The second-order valence-electron chi connectivity index (χ2n) is 5.86. The van der Waals surface area contributed by atoms with E-state index >= 15 is 0 Å².